The van der Waals surface area contributed by atoms with Crippen molar-refractivity contribution in [2.75, 3.05) is 13.7 Å². The van der Waals surface area contributed by atoms with Gasteiger partial charge in [0.15, 0.2) is 0 Å². The van der Waals surface area contributed by atoms with E-state index in [4.69, 9.17) is 21.1 Å². The minimum Gasteiger partial charge on any atom is -0.497 e. The molecular formula is C21H19ClN4O3. The molecule has 0 aliphatic heterocycles. The number of hydrazone groups is 1. The van der Waals surface area contributed by atoms with Gasteiger partial charge in [0.2, 0.25) is 0 Å². The molecule has 1 aromatic heterocycles. The lowest BCUT2D eigenvalue weighted by atomic mass is 10.1. The quantitative estimate of drug-likeness (QED) is 0.470. The molecule has 0 unspecified atom stereocenters. The summed E-state index contributed by atoms with van der Waals surface area (Å²) in [6.07, 6.45) is 4.42. The monoisotopic (exact) mass is 410 g/mol. The summed E-state index contributed by atoms with van der Waals surface area (Å²) in [5, 5.41) is 4.41. The van der Waals surface area contributed by atoms with Crippen LogP contribution < -0.4 is 14.9 Å². The second-order valence-electron chi connectivity index (χ2n) is 5.84. The minimum atomic E-state index is -0.486. The van der Waals surface area contributed by atoms with Crippen molar-refractivity contribution in [3.05, 3.63) is 71.1 Å². The van der Waals surface area contributed by atoms with Crippen LogP contribution in [0.3, 0.4) is 0 Å². The van der Waals surface area contributed by atoms with E-state index in [1.54, 1.807) is 31.4 Å². The molecule has 1 heterocycles. The zero-order valence-electron chi connectivity index (χ0n) is 15.9. The van der Waals surface area contributed by atoms with Gasteiger partial charge in [0.25, 0.3) is 5.91 Å². The lowest BCUT2D eigenvalue weighted by molar-refractivity contribution is 0.0950. The van der Waals surface area contributed by atoms with Crippen molar-refractivity contribution in [2.45, 2.75) is 6.92 Å². The van der Waals surface area contributed by atoms with Crippen molar-refractivity contribution < 1.29 is 14.3 Å². The maximum Gasteiger partial charge on any atom is 0.291 e. The summed E-state index contributed by atoms with van der Waals surface area (Å²) in [4.78, 5) is 20.8. The smallest absolute Gasteiger partial charge is 0.291 e. The van der Waals surface area contributed by atoms with Crippen LogP contribution in [0.4, 0.5) is 0 Å². The minimum absolute atomic E-state index is 0.121. The maximum atomic E-state index is 12.4. The Bertz CT molecular complexity index is 1040. The molecule has 0 fully saturated rings. The molecule has 2 aromatic carbocycles. The first-order chi connectivity index (χ1) is 14.1. The standard InChI is InChI=1S/C21H19ClN4O3/c1-3-29-16-7-8-17(18(22)10-16)19-12-23-13-20(25-19)21(27)26-24-11-14-5-4-6-15(9-14)28-2/h4-13H,3H2,1-2H3,(H,26,27)/b24-11+. The van der Waals surface area contributed by atoms with E-state index < -0.39 is 5.91 Å². The molecule has 1 N–H and O–H groups in total. The number of carbonyl (C=O) groups excluding carboxylic acids is 1. The Balaban J connectivity index is 1.73. The van der Waals surface area contributed by atoms with Gasteiger partial charge in [-0.3, -0.25) is 9.78 Å². The first-order valence-electron chi connectivity index (χ1n) is 8.83. The SMILES string of the molecule is CCOc1ccc(-c2cncc(C(=O)N/N=C/c3cccc(OC)c3)n2)c(Cl)c1. The van der Waals surface area contributed by atoms with Crippen LogP contribution in [-0.4, -0.2) is 35.8 Å². The van der Waals surface area contributed by atoms with Crippen molar-refractivity contribution >= 4 is 23.7 Å². The van der Waals surface area contributed by atoms with Crippen LogP contribution in [0.5, 0.6) is 11.5 Å². The number of carbonyl (C=O) groups is 1. The highest BCUT2D eigenvalue weighted by molar-refractivity contribution is 6.33. The molecule has 148 valence electrons. The van der Waals surface area contributed by atoms with Crippen molar-refractivity contribution in [3.8, 4) is 22.8 Å². The molecule has 0 bridgehead atoms. The molecule has 7 nitrogen and oxygen atoms in total. The van der Waals surface area contributed by atoms with Crippen LogP contribution in [-0.2, 0) is 0 Å². The average Bonchev–Trinajstić information content (AvgIpc) is 2.74. The third-order valence-electron chi connectivity index (χ3n) is 3.87. The molecule has 3 rings (SSSR count). The number of rotatable bonds is 7. The Hall–Kier alpha value is -3.45. The second-order valence-corrected chi connectivity index (χ2v) is 6.25. The van der Waals surface area contributed by atoms with Crippen LogP contribution in [0.1, 0.15) is 23.0 Å². The van der Waals surface area contributed by atoms with E-state index in [0.717, 1.165) is 5.56 Å². The fraction of sp³-hybridized carbons (Fsp3) is 0.143. The third kappa shape index (κ3) is 5.30. The Morgan fingerprint density at radius 2 is 2.07 bits per heavy atom. The predicted molar refractivity (Wildman–Crippen MR) is 112 cm³/mol. The van der Waals surface area contributed by atoms with Crippen LogP contribution >= 0.6 is 11.6 Å². The maximum absolute atomic E-state index is 12.4. The second kappa shape index (κ2) is 9.66. The highest BCUT2D eigenvalue weighted by Gasteiger charge is 2.12. The van der Waals surface area contributed by atoms with Gasteiger partial charge in [-0.05, 0) is 42.8 Å². The Morgan fingerprint density at radius 1 is 1.21 bits per heavy atom. The van der Waals surface area contributed by atoms with E-state index >= 15 is 0 Å². The average molecular weight is 411 g/mol. The van der Waals surface area contributed by atoms with Crippen LogP contribution in [0.2, 0.25) is 5.02 Å². The fourth-order valence-electron chi connectivity index (χ4n) is 2.51. The molecule has 29 heavy (non-hydrogen) atoms. The Labute approximate surface area is 173 Å². The zero-order chi connectivity index (χ0) is 20.6. The number of aromatic nitrogens is 2. The molecule has 3 aromatic rings. The van der Waals surface area contributed by atoms with Gasteiger partial charge in [0, 0.05) is 5.56 Å². The van der Waals surface area contributed by atoms with Gasteiger partial charge in [-0.25, -0.2) is 10.4 Å². The molecule has 0 radical (unpaired) electrons. The highest BCUT2D eigenvalue weighted by Crippen LogP contribution is 2.29. The number of methoxy groups -OCH3 is 1. The number of amides is 1. The molecular weight excluding hydrogens is 392 g/mol. The first-order valence-corrected chi connectivity index (χ1v) is 9.20. The molecule has 0 aliphatic carbocycles. The summed E-state index contributed by atoms with van der Waals surface area (Å²) in [5.41, 5.74) is 4.47. The number of benzene rings is 2. The zero-order valence-corrected chi connectivity index (χ0v) is 16.7. The van der Waals surface area contributed by atoms with E-state index in [1.807, 2.05) is 25.1 Å². The number of ether oxygens (including phenoxy) is 2. The Kier molecular flexibility index (Phi) is 6.76. The van der Waals surface area contributed by atoms with Crippen molar-refractivity contribution in [1.82, 2.24) is 15.4 Å². The van der Waals surface area contributed by atoms with E-state index in [1.165, 1.54) is 18.6 Å². The summed E-state index contributed by atoms with van der Waals surface area (Å²) in [7, 11) is 1.58. The van der Waals surface area contributed by atoms with Gasteiger partial charge in [0.05, 0.1) is 43.0 Å². The Morgan fingerprint density at radius 3 is 2.83 bits per heavy atom. The van der Waals surface area contributed by atoms with Gasteiger partial charge < -0.3 is 9.47 Å². The summed E-state index contributed by atoms with van der Waals surface area (Å²) in [6, 6.07) is 12.6. The summed E-state index contributed by atoms with van der Waals surface area (Å²) in [5.74, 6) is 0.876. The lowest BCUT2D eigenvalue weighted by Crippen LogP contribution is -2.19. The van der Waals surface area contributed by atoms with Gasteiger partial charge >= 0.3 is 0 Å². The van der Waals surface area contributed by atoms with Gasteiger partial charge in [0.1, 0.15) is 17.2 Å². The van der Waals surface area contributed by atoms with E-state index in [0.29, 0.717) is 34.4 Å². The largest absolute Gasteiger partial charge is 0.497 e. The molecule has 0 saturated heterocycles. The molecule has 0 spiro atoms. The van der Waals surface area contributed by atoms with E-state index in [9.17, 15) is 4.79 Å². The first kappa shape index (κ1) is 20.3. The fourth-order valence-corrected chi connectivity index (χ4v) is 2.78. The van der Waals surface area contributed by atoms with Gasteiger partial charge in [-0.1, -0.05) is 23.7 Å². The van der Waals surface area contributed by atoms with Crippen LogP contribution in [0.15, 0.2) is 60.0 Å². The number of hydrogen-bond donors (Lipinski definition) is 1. The lowest BCUT2D eigenvalue weighted by Gasteiger charge is -2.08. The van der Waals surface area contributed by atoms with Crippen molar-refractivity contribution in [2.24, 2.45) is 5.10 Å². The summed E-state index contributed by atoms with van der Waals surface area (Å²) >= 11 is 6.33. The summed E-state index contributed by atoms with van der Waals surface area (Å²) < 4.78 is 10.6. The predicted octanol–water partition coefficient (Wildman–Crippen LogP) is 3.97. The highest BCUT2D eigenvalue weighted by atomic mass is 35.5. The van der Waals surface area contributed by atoms with E-state index in [-0.39, 0.29) is 5.69 Å². The number of halogens is 1. The topological polar surface area (TPSA) is 85.7 Å². The van der Waals surface area contributed by atoms with E-state index in [2.05, 4.69) is 20.5 Å². The molecule has 0 saturated carbocycles. The summed E-state index contributed by atoms with van der Waals surface area (Å²) in [6.45, 7) is 2.44. The number of nitrogens with zero attached hydrogens (tertiary/aromatic N) is 3. The van der Waals surface area contributed by atoms with Crippen LogP contribution in [0.25, 0.3) is 11.3 Å². The van der Waals surface area contributed by atoms with Crippen LogP contribution in [0, 0.1) is 0 Å². The number of hydrogen-bond acceptors (Lipinski definition) is 6. The molecule has 0 atom stereocenters. The van der Waals surface area contributed by atoms with Crippen molar-refractivity contribution in [3.63, 3.8) is 0 Å². The third-order valence-corrected chi connectivity index (χ3v) is 4.18. The van der Waals surface area contributed by atoms with Gasteiger partial charge in [-0.15, -0.1) is 0 Å². The molecule has 8 heteroatoms. The normalized spacial score (nSPS) is 10.7. The van der Waals surface area contributed by atoms with Gasteiger partial charge in [-0.2, -0.15) is 5.10 Å². The number of nitrogens with one attached hydrogen (secondary N) is 1. The van der Waals surface area contributed by atoms with Crippen molar-refractivity contribution in [1.29, 1.82) is 0 Å². The molecule has 1 amide bonds. The molecule has 0 aliphatic rings.